The number of methoxy groups -OCH3 is 2. The summed E-state index contributed by atoms with van der Waals surface area (Å²) in [5.41, 5.74) is 0.803. The van der Waals surface area contributed by atoms with E-state index in [0.29, 0.717) is 12.3 Å². The zero-order valence-electron chi connectivity index (χ0n) is 11.4. The molecule has 1 aliphatic rings. The van der Waals surface area contributed by atoms with Gasteiger partial charge in [0.15, 0.2) is 0 Å². The number of ether oxygens (including phenoxy) is 2. The predicted molar refractivity (Wildman–Crippen MR) is 74.0 cm³/mol. The normalized spacial score (nSPS) is 16.7. The van der Waals surface area contributed by atoms with Gasteiger partial charge in [-0.1, -0.05) is 0 Å². The summed E-state index contributed by atoms with van der Waals surface area (Å²) in [6, 6.07) is 5.52. The van der Waals surface area contributed by atoms with Crippen LogP contribution in [-0.2, 0) is 4.79 Å². The topological polar surface area (TPSA) is 50.8 Å². The third-order valence-electron chi connectivity index (χ3n) is 3.24. The molecule has 104 valence electrons. The van der Waals surface area contributed by atoms with E-state index >= 15 is 0 Å². The van der Waals surface area contributed by atoms with Gasteiger partial charge in [-0.2, -0.15) is 0 Å². The average Bonchev–Trinajstić information content (AvgIpc) is 2.43. The van der Waals surface area contributed by atoms with Crippen molar-refractivity contribution < 1.29 is 14.3 Å². The van der Waals surface area contributed by atoms with Crippen LogP contribution < -0.4 is 19.7 Å². The molecule has 1 fully saturated rings. The van der Waals surface area contributed by atoms with Crippen molar-refractivity contribution >= 4 is 11.6 Å². The number of amides is 1. The second kappa shape index (κ2) is 6.43. The van der Waals surface area contributed by atoms with Gasteiger partial charge in [0.1, 0.15) is 11.5 Å². The summed E-state index contributed by atoms with van der Waals surface area (Å²) in [4.78, 5) is 13.9. The highest BCUT2D eigenvalue weighted by Gasteiger charge is 2.20. The van der Waals surface area contributed by atoms with E-state index in [1.54, 1.807) is 25.2 Å². The molecule has 0 aromatic heterocycles. The third-order valence-corrected chi connectivity index (χ3v) is 3.24. The number of nitrogens with one attached hydrogen (secondary N) is 1. The van der Waals surface area contributed by atoms with E-state index in [1.165, 1.54) is 0 Å². The lowest BCUT2D eigenvalue weighted by Crippen LogP contribution is -2.41. The van der Waals surface area contributed by atoms with Crippen LogP contribution >= 0.6 is 0 Å². The molecule has 5 heteroatoms. The maximum Gasteiger partial charge on any atom is 0.241 e. The number of nitrogens with zero attached hydrogens (tertiary/aromatic N) is 1. The Morgan fingerprint density at radius 1 is 1.21 bits per heavy atom. The molecule has 5 nitrogen and oxygen atoms in total. The Morgan fingerprint density at radius 2 is 2.05 bits per heavy atom. The van der Waals surface area contributed by atoms with Gasteiger partial charge in [-0.15, -0.1) is 0 Å². The first-order valence-electron chi connectivity index (χ1n) is 6.49. The van der Waals surface area contributed by atoms with Crippen molar-refractivity contribution in [2.45, 2.75) is 12.8 Å². The molecule has 1 heterocycles. The minimum absolute atomic E-state index is 0.0724. The van der Waals surface area contributed by atoms with Crippen LogP contribution in [0.1, 0.15) is 12.8 Å². The number of carbonyl (C=O) groups is 1. The molecule has 0 radical (unpaired) electrons. The summed E-state index contributed by atoms with van der Waals surface area (Å²) in [5.74, 6) is 1.45. The first-order chi connectivity index (χ1) is 9.26. The van der Waals surface area contributed by atoms with Crippen LogP contribution in [0.2, 0.25) is 0 Å². The molecular formula is C14H20N2O3. The summed E-state index contributed by atoms with van der Waals surface area (Å²) in [6.45, 7) is 2.00. The third kappa shape index (κ3) is 3.17. The number of hydrogen-bond donors (Lipinski definition) is 1. The lowest BCUT2D eigenvalue weighted by molar-refractivity contribution is -0.118. The minimum Gasteiger partial charge on any atom is -0.497 e. The van der Waals surface area contributed by atoms with Crippen LogP contribution in [0.25, 0.3) is 0 Å². The van der Waals surface area contributed by atoms with Crippen LogP contribution in [0.4, 0.5) is 5.69 Å². The van der Waals surface area contributed by atoms with Gasteiger partial charge >= 0.3 is 0 Å². The lowest BCUT2D eigenvalue weighted by atomic mass is 10.2. The monoisotopic (exact) mass is 264 g/mol. The van der Waals surface area contributed by atoms with Crippen molar-refractivity contribution in [3.05, 3.63) is 18.2 Å². The molecule has 1 amide bonds. The van der Waals surface area contributed by atoms with Gasteiger partial charge in [-0.3, -0.25) is 4.79 Å². The Bertz CT molecular complexity index is 448. The number of rotatable bonds is 3. The Labute approximate surface area is 113 Å². The summed E-state index contributed by atoms with van der Waals surface area (Å²) in [7, 11) is 3.21. The number of benzene rings is 1. The van der Waals surface area contributed by atoms with Gasteiger partial charge in [-0.25, -0.2) is 0 Å². The summed E-state index contributed by atoms with van der Waals surface area (Å²) < 4.78 is 10.5. The molecule has 19 heavy (non-hydrogen) atoms. The van der Waals surface area contributed by atoms with Gasteiger partial charge < -0.3 is 19.7 Å². The Morgan fingerprint density at radius 3 is 2.79 bits per heavy atom. The maximum absolute atomic E-state index is 12.2. The molecule has 0 atom stereocenters. The molecule has 0 spiro atoms. The van der Waals surface area contributed by atoms with Gasteiger partial charge in [0.2, 0.25) is 5.91 Å². The van der Waals surface area contributed by atoms with Crippen molar-refractivity contribution in [2.24, 2.45) is 0 Å². The van der Waals surface area contributed by atoms with Crippen LogP contribution in [0.15, 0.2) is 18.2 Å². The van der Waals surface area contributed by atoms with Crippen molar-refractivity contribution in [3.63, 3.8) is 0 Å². The lowest BCUT2D eigenvalue weighted by Gasteiger charge is -2.27. The molecule has 0 bridgehead atoms. The fourth-order valence-electron chi connectivity index (χ4n) is 2.20. The van der Waals surface area contributed by atoms with Gasteiger partial charge in [0.25, 0.3) is 0 Å². The van der Waals surface area contributed by atoms with E-state index in [-0.39, 0.29) is 5.91 Å². The van der Waals surface area contributed by atoms with Crippen LogP contribution in [0, 0.1) is 0 Å². The smallest absolute Gasteiger partial charge is 0.241 e. The van der Waals surface area contributed by atoms with E-state index in [2.05, 4.69) is 5.32 Å². The molecule has 1 N–H and O–H groups in total. The van der Waals surface area contributed by atoms with E-state index in [0.717, 1.165) is 37.4 Å². The number of hydrogen-bond acceptors (Lipinski definition) is 4. The Balaban J connectivity index is 2.29. The SMILES string of the molecule is COc1ccc(N2CCCCNCC2=O)c(OC)c1. The van der Waals surface area contributed by atoms with Crippen molar-refractivity contribution in [3.8, 4) is 11.5 Å². The van der Waals surface area contributed by atoms with Crippen molar-refractivity contribution in [1.82, 2.24) is 5.32 Å². The standard InChI is InChI=1S/C14H20N2O3/c1-18-11-5-6-12(13(9-11)19-2)16-8-4-3-7-15-10-14(16)17/h5-6,9,15H,3-4,7-8,10H2,1-2H3. The fourth-order valence-corrected chi connectivity index (χ4v) is 2.20. The first kappa shape index (κ1) is 13.7. The van der Waals surface area contributed by atoms with Crippen LogP contribution in [-0.4, -0.2) is 39.8 Å². The van der Waals surface area contributed by atoms with Crippen molar-refractivity contribution in [2.75, 3.05) is 38.8 Å². The molecule has 0 unspecified atom stereocenters. The van der Waals surface area contributed by atoms with Crippen LogP contribution in [0.3, 0.4) is 0 Å². The largest absolute Gasteiger partial charge is 0.497 e. The molecule has 1 aromatic rings. The minimum atomic E-state index is 0.0724. The zero-order chi connectivity index (χ0) is 13.7. The average molecular weight is 264 g/mol. The first-order valence-corrected chi connectivity index (χ1v) is 6.49. The second-order valence-electron chi connectivity index (χ2n) is 4.47. The molecule has 2 rings (SSSR count). The molecular weight excluding hydrogens is 244 g/mol. The number of carbonyl (C=O) groups excluding carboxylic acids is 1. The van der Waals surface area contributed by atoms with Gasteiger partial charge in [0.05, 0.1) is 26.5 Å². The second-order valence-corrected chi connectivity index (χ2v) is 4.47. The van der Waals surface area contributed by atoms with E-state index in [1.807, 2.05) is 12.1 Å². The molecule has 0 saturated carbocycles. The quantitative estimate of drug-likeness (QED) is 0.897. The number of anilines is 1. The van der Waals surface area contributed by atoms with Gasteiger partial charge in [0, 0.05) is 12.6 Å². The van der Waals surface area contributed by atoms with Gasteiger partial charge in [-0.05, 0) is 31.5 Å². The fraction of sp³-hybridized carbons (Fsp3) is 0.500. The Hall–Kier alpha value is -1.75. The van der Waals surface area contributed by atoms with Crippen LogP contribution in [0.5, 0.6) is 11.5 Å². The van der Waals surface area contributed by atoms with Crippen molar-refractivity contribution in [1.29, 1.82) is 0 Å². The zero-order valence-corrected chi connectivity index (χ0v) is 11.4. The Kier molecular flexibility index (Phi) is 4.63. The highest BCUT2D eigenvalue weighted by atomic mass is 16.5. The summed E-state index contributed by atoms with van der Waals surface area (Å²) in [5, 5.41) is 3.14. The maximum atomic E-state index is 12.2. The van der Waals surface area contributed by atoms with E-state index < -0.39 is 0 Å². The summed E-state index contributed by atoms with van der Waals surface area (Å²) >= 11 is 0. The summed E-state index contributed by atoms with van der Waals surface area (Å²) in [6.07, 6.45) is 2.05. The molecule has 1 aromatic carbocycles. The highest BCUT2D eigenvalue weighted by molar-refractivity contribution is 5.96. The predicted octanol–water partition coefficient (Wildman–Crippen LogP) is 1.42. The van der Waals surface area contributed by atoms with E-state index in [9.17, 15) is 4.79 Å². The molecule has 0 aliphatic carbocycles. The highest BCUT2D eigenvalue weighted by Crippen LogP contribution is 2.32. The van der Waals surface area contributed by atoms with E-state index in [4.69, 9.17) is 9.47 Å². The molecule has 1 aliphatic heterocycles. The molecule has 1 saturated heterocycles.